The lowest BCUT2D eigenvalue weighted by atomic mass is 10.1. The van der Waals surface area contributed by atoms with Crippen molar-refractivity contribution in [2.75, 3.05) is 5.32 Å². The van der Waals surface area contributed by atoms with Crippen LogP contribution in [0.3, 0.4) is 0 Å². The molecule has 0 radical (unpaired) electrons. The van der Waals surface area contributed by atoms with Crippen molar-refractivity contribution < 1.29 is 9.18 Å². The number of fused-ring (bicyclic) bond motifs is 1. The van der Waals surface area contributed by atoms with Gasteiger partial charge in [-0.1, -0.05) is 30.3 Å². The molecule has 1 N–H and O–H groups in total. The third-order valence-corrected chi connectivity index (χ3v) is 6.48. The summed E-state index contributed by atoms with van der Waals surface area (Å²) in [6, 6.07) is 19.0. The lowest BCUT2D eigenvalue weighted by Gasteiger charge is -2.07. The lowest BCUT2D eigenvalue weighted by molar-refractivity contribution is 0.103. The van der Waals surface area contributed by atoms with Gasteiger partial charge in [0, 0.05) is 18.3 Å². The molecule has 2 aromatic carbocycles. The normalized spacial score (nSPS) is 11.1. The first-order valence-electron chi connectivity index (χ1n) is 10.6. The standard InChI is InChI=1S/C25H20FN5O2S/c1-16-23(34-22(27-16)14-17-8-10-19(26)11-9-17)24(32)28-20-6-4-5-18(13-20)15-31-25(33)30-12-3-2-7-21(30)29-31/h2-13H,14-15H2,1H3,(H,28,32). The largest absolute Gasteiger partial charge is 0.350 e. The molecule has 0 spiro atoms. The van der Waals surface area contributed by atoms with Crippen molar-refractivity contribution in [3.05, 3.63) is 116 Å². The van der Waals surface area contributed by atoms with Crippen LogP contribution < -0.4 is 11.0 Å². The molecule has 0 aliphatic heterocycles. The number of carbonyl (C=O) groups excluding carboxylic acids is 1. The lowest BCUT2D eigenvalue weighted by Crippen LogP contribution is -2.21. The van der Waals surface area contributed by atoms with E-state index in [-0.39, 0.29) is 24.0 Å². The number of benzene rings is 2. The van der Waals surface area contributed by atoms with Crippen molar-refractivity contribution >= 4 is 28.6 Å². The Bertz CT molecular complexity index is 1550. The summed E-state index contributed by atoms with van der Waals surface area (Å²) >= 11 is 1.32. The van der Waals surface area contributed by atoms with Gasteiger partial charge in [0.25, 0.3) is 5.91 Å². The molecule has 34 heavy (non-hydrogen) atoms. The molecule has 0 aliphatic carbocycles. The fourth-order valence-corrected chi connectivity index (χ4v) is 4.69. The number of aromatic nitrogens is 4. The van der Waals surface area contributed by atoms with E-state index >= 15 is 0 Å². The summed E-state index contributed by atoms with van der Waals surface area (Å²) in [7, 11) is 0. The minimum atomic E-state index is -0.285. The predicted octanol–water partition coefficient (Wildman–Crippen LogP) is 4.29. The van der Waals surface area contributed by atoms with Gasteiger partial charge >= 0.3 is 5.69 Å². The van der Waals surface area contributed by atoms with Crippen molar-refractivity contribution in [1.82, 2.24) is 19.2 Å². The molecule has 3 heterocycles. The smallest absolute Gasteiger partial charge is 0.321 e. The van der Waals surface area contributed by atoms with E-state index < -0.39 is 0 Å². The highest BCUT2D eigenvalue weighted by Gasteiger charge is 2.16. The number of carbonyl (C=O) groups is 1. The molecule has 0 saturated heterocycles. The molecule has 0 atom stereocenters. The zero-order valence-corrected chi connectivity index (χ0v) is 19.1. The quantitative estimate of drug-likeness (QED) is 0.399. The number of nitrogens with zero attached hydrogens (tertiary/aromatic N) is 4. The molecular formula is C25H20FN5O2S. The highest BCUT2D eigenvalue weighted by Crippen LogP contribution is 2.23. The van der Waals surface area contributed by atoms with Crippen LogP contribution in [0.15, 0.2) is 77.7 Å². The summed E-state index contributed by atoms with van der Waals surface area (Å²) in [5, 5.41) is 8.06. The molecule has 9 heteroatoms. The number of rotatable bonds is 6. The molecular weight excluding hydrogens is 453 g/mol. The van der Waals surface area contributed by atoms with Crippen LogP contribution >= 0.6 is 11.3 Å². The molecule has 5 aromatic rings. The third kappa shape index (κ3) is 4.51. The molecule has 7 nitrogen and oxygen atoms in total. The molecule has 5 rings (SSSR count). The monoisotopic (exact) mass is 473 g/mol. The van der Waals surface area contributed by atoms with Crippen LogP contribution in [0.2, 0.25) is 0 Å². The fraction of sp³-hybridized carbons (Fsp3) is 0.120. The van der Waals surface area contributed by atoms with Crippen LogP contribution in [0.5, 0.6) is 0 Å². The van der Waals surface area contributed by atoms with Crippen LogP contribution in [0.1, 0.15) is 31.5 Å². The van der Waals surface area contributed by atoms with E-state index in [0.717, 1.165) is 16.1 Å². The van der Waals surface area contributed by atoms with Gasteiger partial charge in [-0.05, 0) is 54.4 Å². The highest BCUT2D eigenvalue weighted by atomic mass is 32.1. The minimum Gasteiger partial charge on any atom is -0.321 e. The van der Waals surface area contributed by atoms with E-state index in [1.165, 1.54) is 32.6 Å². The Morgan fingerprint density at radius 3 is 2.68 bits per heavy atom. The van der Waals surface area contributed by atoms with Crippen molar-refractivity contribution in [3.8, 4) is 0 Å². The zero-order chi connectivity index (χ0) is 23.7. The van der Waals surface area contributed by atoms with Crippen molar-refractivity contribution in [1.29, 1.82) is 0 Å². The number of anilines is 1. The van der Waals surface area contributed by atoms with Crippen LogP contribution in [0, 0.1) is 12.7 Å². The molecule has 0 aliphatic rings. The van der Waals surface area contributed by atoms with E-state index in [4.69, 9.17) is 0 Å². The van der Waals surface area contributed by atoms with Gasteiger partial charge in [-0.2, -0.15) is 0 Å². The van der Waals surface area contributed by atoms with E-state index in [1.807, 2.05) is 24.3 Å². The Morgan fingerprint density at radius 1 is 1.06 bits per heavy atom. The second kappa shape index (κ2) is 9.03. The van der Waals surface area contributed by atoms with Gasteiger partial charge in [-0.15, -0.1) is 16.4 Å². The predicted molar refractivity (Wildman–Crippen MR) is 129 cm³/mol. The number of nitrogens with one attached hydrogen (secondary N) is 1. The highest BCUT2D eigenvalue weighted by molar-refractivity contribution is 7.14. The summed E-state index contributed by atoms with van der Waals surface area (Å²) in [6.45, 7) is 2.08. The molecule has 3 aromatic heterocycles. The van der Waals surface area contributed by atoms with Gasteiger partial charge < -0.3 is 5.32 Å². The number of hydrogen-bond acceptors (Lipinski definition) is 5. The molecule has 1 amide bonds. The Kier molecular flexibility index (Phi) is 5.77. The van der Waals surface area contributed by atoms with Crippen molar-refractivity contribution in [3.63, 3.8) is 0 Å². The third-order valence-electron chi connectivity index (χ3n) is 5.32. The van der Waals surface area contributed by atoms with E-state index in [9.17, 15) is 14.0 Å². The van der Waals surface area contributed by atoms with Gasteiger partial charge in [0.1, 0.15) is 10.7 Å². The van der Waals surface area contributed by atoms with Crippen LogP contribution in [-0.2, 0) is 13.0 Å². The summed E-state index contributed by atoms with van der Waals surface area (Å²) < 4.78 is 16.0. The van der Waals surface area contributed by atoms with E-state index in [2.05, 4.69) is 15.4 Å². The minimum absolute atomic E-state index is 0.223. The van der Waals surface area contributed by atoms with Crippen LogP contribution in [0.4, 0.5) is 10.1 Å². The SMILES string of the molecule is Cc1nc(Cc2ccc(F)cc2)sc1C(=O)Nc1cccc(Cn2nc3ccccn3c2=O)c1. The number of halogens is 1. The maximum atomic E-state index is 13.1. The summed E-state index contributed by atoms with van der Waals surface area (Å²) in [5.74, 6) is -0.533. The van der Waals surface area contributed by atoms with Gasteiger partial charge in [0.15, 0.2) is 5.65 Å². The second-order valence-corrected chi connectivity index (χ2v) is 8.93. The summed E-state index contributed by atoms with van der Waals surface area (Å²) in [6.07, 6.45) is 2.21. The molecule has 0 fully saturated rings. The topological polar surface area (TPSA) is 81.3 Å². The average Bonchev–Trinajstić information content (AvgIpc) is 3.35. The summed E-state index contributed by atoms with van der Waals surface area (Å²) in [5.41, 5.74) is 3.38. The first-order valence-corrected chi connectivity index (χ1v) is 11.4. The molecule has 0 bridgehead atoms. The number of amides is 1. The van der Waals surface area contributed by atoms with Gasteiger partial charge in [-0.3, -0.25) is 9.20 Å². The van der Waals surface area contributed by atoms with Crippen molar-refractivity contribution in [2.45, 2.75) is 19.9 Å². The van der Waals surface area contributed by atoms with Crippen molar-refractivity contribution in [2.24, 2.45) is 0 Å². The van der Waals surface area contributed by atoms with Crippen LogP contribution in [-0.4, -0.2) is 25.1 Å². The zero-order valence-electron chi connectivity index (χ0n) is 18.2. The van der Waals surface area contributed by atoms with Gasteiger partial charge in [0.2, 0.25) is 0 Å². The second-order valence-electron chi connectivity index (χ2n) is 7.85. The Balaban J connectivity index is 1.31. The Labute approximate surface area is 198 Å². The first kappa shape index (κ1) is 21.7. The van der Waals surface area contributed by atoms with Gasteiger partial charge in [0.05, 0.1) is 17.2 Å². The molecule has 0 unspecified atom stereocenters. The van der Waals surface area contributed by atoms with E-state index in [1.54, 1.807) is 43.5 Å². The molecule has 170 valence electrons. The maximum Gasteiger partial charge on any atom is 0.350 e. The maximum absolute atomic E-state index is 13.1. The average molecular weight is 474 g/mol. The Morgan fingerprint density at radius 2 is 1.88 bits per heavy atom. The summed E-state index contributed by atoms with van der Waals surface area (Å²) in [4.78, 5) is 30.5. The number of hydrogen-bond donors (Lipinski definition) is 1. The first-order chi connectivity index (χ1) is 16.5. The van der Waals surface area contributed by atoms with Crippen LogP contribution in [0.25, 0.3) is 5.65 Å². The number of pyridine rings is 1. The van der Waals surface area contributed by atoms with E-state index in [0.29, 0.717) is 28.3 Å². The van der Waals surface area contributed by atoms with Gasteiger partial charge in [-0.25, -0.2) is 18.9 Å². The Hall–Kier alpha value is -4.11. The number of thiazole rings is 1. The molecule has 0 saturated carbocycles. The fourth-order valence-electron chi connectivity index (χ4n) is 3.69. The number of aryl methyl sites for hydroxylation is 1.